The van der Waals surface area contributed by atoms with Gasteiger partial charge in [-0.3, -0.25) is 4.79 Å². The molecule has 1 aliphatic rings. The molecule has 3 aromatic rings. The number of hydrogen-bond donors (Lipinski definition) is 1. The summed E-state index contributed by atoms with van der Waals surface area (Å²) >= 11 is 0. The molecule has 2 unspecified atom stereocenters. The van der Waals surface area contributed by atoms with Crippen LogP contribution in [0.15, 0.2) is 47.1 Å². The van der Waals surface area contributed by atoms with Crippen molar-refractivity contribution in [1.82, 2.24) is 0 Å². The Hall–Kier alpha value is -3.66. The molecule has 0 aliphatic carbocycles. The van der Waals surface area contributed by atoms with Crippen molar-refractivity contribution in [3.8, 4) is 11.8 Å². The van der Waals surface area contributed by atoms with E-state index < -0.39 is 23.5 Å². The van der Waals surface area contributed by atoms with Crippen LogP contribution in [0.4, 0.5) is 4.39 Å². The standard InChI is InChI=1S/C20H12FNO5/c1-10-9-26-14-7-6-13-16(15(10)14)27-18(20(21,17(13)23)19(24)25)12-4-2-11(8-22)3-5-12/h2-7,9,18H,1H3,(H,24,25). The predicted molar refractivity (Wildman–Crippen MR) is 91.3 cm³/mol. The molecule has 7 heteroatoms. The number of ether oxygens (including phenoxy) is 1. The van der Waals surface area contributed by atoms with Crippen molar-refractivity contribution in [2.45, 2.75) is 18.7 Å². The largest absolute Gasteiger partial charge is 0.480 e. The van der Waals surface area contributed by atoms with Crippen molar-refractivity contribution in [2.24, 2.45) is 0 Å². The SMILES string of the molecule is Cc1coc2ccc3c(c12)OC(c1ccc(C#N)cc1)C(F)(C(=O)O)C3=O. The average molecular weight is 365 g/mol. The quantitative estimate of drug-likeness (QED) is 0.695. The number of hydrogen-bond acceptors (Lipinski definition) is 5. The van der Waals surface area contributed by atoms with Crippen LogP contribution in [-0.2, 0) is 4.79 Å². The van der Waals surface area contributed by atoms with Gasteiger partial charge in [0.2, 0.25) is 5.78 Å². The molecule has 2 atom stereocenters. The molecular weight excluding hydrogens is 353 g/mol. The van der Waals surface area contributed by atoms with E-state index in [0.717, 1.165) is 0 Å². The number of nitrogens with zero attached hydrogens (tertiary/aromatic N) is 1. The summed E-state index contributed by atoms with van der Waals surface area (Å²) in [6.07, 6.45) is -0.230. The maximum atomic E-state index is 15.6. The Bertz CT molecular complexity index is 1140. The molecule has 1 aliphatic heterocycles. The molecule has 0 saturated carbocycles. The number of carboxylic acids is 1. The Morgan fingerprint density at radius 3 is 2.59 bits per heavy atom. The molecule has 4 rings (SSSR count). The van der Waals surface area contributed by atoms with Crippen LogP contribution in [0.1, 0.15) is 33.2 Å². The highest BCUT2D eigenvalue weighted by atomic mass is 19.1. The summed E-state index contributed by atoms with van der Waals surface area (Å²) < 4.78 is 26.7. The monoisotopic (exact) mass is 365 g/mol. The summed E-state index contributed by atoms with van der Waals surface area (Å²) in [6, 6.07) is 10.3. The third kappa shape index (κ3) is 2.23. The van der Waals surface area contributed by atoms with E-state index in [0.29, 0.717) is 22.1 Å². The first-order valence-electron chi connectivity index (χ1n) is 8.02. The fourth-order valence-corrected chi connectivity index (χ4v) is 3.30. The molecule has 134 valence electrons. The molecule has 0 amide bonds. The number of halogens is 1. The molecule has 2 heterocycles. The van der Waals surface area contributed by atoms with Gasteiger partial charge >= 0.3 is 11.6 Å². The molecular formula is C20H12FNO5. The number of furan rings is 1. The van der Waals surface area contributed by atoms with Crippen LogP contribution in [0.2, 0.25) is 0 Å². The van der Waals surface area contributed by atoms with Crippen molar-refractivity contribution >= 4 is 22.7 Å². The summed E-state index contributed by atoms with van der Waals surface area (Å²) in [5.41, 5.74) is -1.88. The fraction of sp³-hybridized carbons (Fsp3) is 0.150. The zero-order chi connectivity index (χ0) is 19.3. The van der Waals surface area contributed by atoms with Gasteiger partial charge in [-0.25, -0.2) is 9.18 Å². The lowest BCUT2D eigenvalue weighted by atomic mass is 9.82. The molecule has 1 aromatic heterocycles. The molecule has 1 N–H and O–H groups in total. The minimum Gasteiger partial charge on any atom is -0.480 e. The zero-order valence-corrected chi connectivity index (χ0v) is 14.0. The van der Waals surface area contributed by atoms with Gasteiger partial charge in [-0.05, 0) is 42.3 Å². The third-order valence-electron chi connectivity index (χ3n) is 4.70. The van der Waals surface area contributed by atoms with E-state index >= 15 is 4.39 Å². The molecule has 0 spiro atoms. The van der Waals surface area contributed by atoms with E-state index in [1.54, 1.807) is 6.92 Å². The van der Waals surface area contributed by atoms with Gasteiger partial charge in [0.1, 0.15) is 11.3 Å². The number of carbonyl (C=O) groups excluding carboxylic acids is 1. The minimum atomic E-state index is -3.30. The van der Waals surface area contributed by atoms with Crippen LogP contribution >= 0.6 is 0 Å². The topological polar surface area (TPSA) is 101 Å². The van der Waals surface area contributed by atoms with Crippen LogP contribution in [0, 0.1) is 18.3 Å². The van der Waals surface area contributed by atoms with Gasteiger partial charge < -0.3 is 14.3 Å². The first-order chi connectivity index (χ1) is 12.9. The molecule has 0 radical (unpaired) electrons. The van der Waals surface area contributed by atoms with Crippen LogP contribution < -0.4 is 4.74 Å². The molecule has 2 aromatic carbocycles. The smallest absolute Gasteiger partial charge is 0.354 e. The lowest BCUT2D eigenvalue weighted by Gasteiger charge is -2.35. The highest BCUT2D eigenvalue weighted by molar-refractivity contribution is 6.19. The summed E-state index contributed by atoms with van der Waals surface area (Å²) in [4.78, 5) is 24.6. The number of rotatable bonds is 2. The summed E-state index contributed by atoms with van der Waals surface area (Å²) in [5, 5.41) is 18.9. The van der Waals surface area contributed by atoms with Gasteiger partial charge in [0.05, 0.1) is 28.8 Å². The number of carbonyl (C=O) groups is 2. The van der Waals surface area contributed by atoms with Crippen molar-refractivity contribution < 1.29 is 28.2 Å². The second kappa shape index (κ2) is 5.68. The maximum absolute atomic E-state index is 15.6. The predicted octanol–water partition coefficient (Wildman–Crippen LogP) is 3.72. The van der Waals surface area contributed by atoms with E-state index in [2.05, 4.69) is 0 Å². The molecule has 0 saturated heterocycles. The van der Waals surface area contributed by atoms with E-state index in [1.165, 1.54) is 42.7 Å². The Kier molecular flexibility index (Phi) is 3.53. The van der Waals surface area contributed by atoms with Crippen molar-refractivity contribution in [3.05, 3.63) is 64.9 Å². The summed E-state index contributed by atoms with van der Waals surface area (Å²) in [5.74, 6) is -3.03. The lowest BCUT2D eigenvalue weighted by Crippen LogP contribution is -2.52. The van der Waals surface area contributed by atoms with E-state index in [1.807, 2.05) is 6.07 Å². The fourth-order valence-electron chi connectivity index (χ4n) is 3.30. The number of ketones is 1. The number of Topliss-reactive ketones (excluding diaryl/α,β-unsaturated/α-hetero) is 1. The summed E-state index contributed by atoms with van der Waals surface area (Å²) in [6.45, 7) is 1.74. The van der Waals surface area contributed by atoms with Gasteiger partial charge in [-0.1, -0.05) is 12.1 Å². The number of alkyl halides is 1. The molecule has 6 nitrogen and oxygen atoms in total. The first-order valence-corrected chi connectivity index (χ1v) is 8.02. The second-order valence-corrected chi connectivity index (χ2v) is 6.31. The number of benzene rings is 2. The van der Waals surface area contributed by atoms with Crippen molar-refractivity contribution in [2.75, 3.05) is 0 Å². The van der Waals surface area contributed by atoms with Gasteiger partial charge in [-0.15, -0.1) is 0 Å². The highest BCUT2D eigenvalue weighted by Crippen LogP contribution is 2.47. The Morgan fingerprint density at radius 2 is 1.96 bits per heavy atom. The molecule has 0 bridgehead atoms. The van der Waals surface area contributed by atoms with Gasteiger partial charge in [0, 0.05) is 0 Å². The van der Waals surface area contributed by atoms with Crippen molar-refractivity contribution in [1.29, 1.82) is 5.26 Å². The zero-order valence-electron chi connectivity index (χ0n) is 14.0. The maximum Gasteiger partial charge on any atom is 0.354 e. The normalized spacial score (nSPS) is 21.4. The van der Waals surface area contributed by atoms with E-state index in [9.17, 15) is 14.7 Å². The van der Waals surface area contributed by atoms with E-state index in [4.69, 9.17) is 14.4 Å². The Balaban J connectivity index is 1.97. The number of carboxylic acid groups (broad SMARTS) is 1. The number of aryl methyl sites for hydroxylation is 1. The highest BCUT2D eigenvalue weighted by Gasteiger charge is 2.59. The Morgan fingerprint density at radius 1 is 1.26 bits per heavy atom. The molecule has 0 fully saturated rings. The van der Waals surface area contributed by atoms with Crippen molar-refractivity contribution in [3.63, 3.8) is 0 Å². The van der Waals surface area contributed by atoms with Crippen LogP contribution in [-0.4, -0.2) is 22.5 Å². The van der Waals surface area contributed by atoms with Gasteiger partial charge in [0.15, 0.2) is 6.10 Å². The van der Waals surface area contributed by atoms with Gasteiger partial charge in [-0.2, -0.15) is 5.26 Å². The molecule has 27 heavy (non-hydrogen) atoms. The minimum absolute atomic E-state index is 0.0904. The van der Waals surface area contributed by atoms with Crippen LogP contribution in [0.3, 0.4) is 0 Å². The van der Waals surface area contributed by atoms with E-state index in [-0.39, 0.29) is 16.9 Å². The van der Waals surface area contributed by atoms with Crippen LogP contribution in [0.5, 0.6) is 5.75 Å². The second-order valence-electron chi connectivity index (χ2n) is 6.31. The van der Waals surface area contributed by atoms with Gasteiger partial charge in [0.25, 0.3) is 0 Å². The number of aliphatic carboxylic acids is 1. The average Bonchev–Trinajstić information content (AvgIpc) is 3.05. The Labute approximate surface area is 152 Å². The number of fused-ring (bicyclic) bond motifs is 3. The summed E-state index contributed by atoms with van der Waals surface area (Å²) in [7, 11) is 0. The van der Waals surface area contributed by atoms with Crippen LogP contribution in [0.25, 0.3) is 11.0 Å². The first kappa shape index (κ1) is 16.8. The number of nitriles is 1. The lowest BCUT2D eigenvalue weighted by molar-refractivity contribution is -0.154. The third-order valence-corrected chi connectivity index (χ3v) is 4.70.